The van der Waals surface area contributed by atoms with Gasteiger partial charge in [0.05, 0.1) is 23.0 Å². The van der Waals surface area contributed by atoms with Crippen molar-refractivity contribution in [2.75, 3.05) is 7.11 Å². The molecule has 4 aromatic rings. The summed E-state index contributed by atoms with van der Waals surface area (Å²) in [6.07, 6.45) is 1.63. The molecule has 0 aliphatic heterocycles. The van der Waals surface area contributed by atoms with Crippen LogP contribution in [0.2, 0.25) is 0 Å². The van der Waals surface area contributed by atoms with Crippen LogP contribution >= 0.6 is 11.3 Å². The first-order valence-corrected chi connectivity index (χ1v) is 9.33. The van der Waals surface area contributed by atoms with Crippen molar-refractivity contribution >= 4 is 33.5 Å². The Balaban J connectivity index is 1.58. The van der Waals surface area contributed by atoms with Gasteiger partial charge in [-0.15, -0.1) is 11.3 Å². The van der Waals surface area contributed by atoms with Gasteiger partial charge in [-0.2, -0.15) is 0 Å². The quantitative estimate of drug-likeness (QED) is 0.464. The summed E-state index contributed by atoms with van der Waals surface area (Å²) in [5, 5.41) is 11.1. The van der Waals surface area contributed by atoms with Gasteiger partial charge in [-0.3, -0.25) is 4.99 Å². The van der Waals surface area contributed by atoms with E-state index in [0.717, 1.165) is 21.8 Å². The molecule has 3 aromatic carbocycles. The van der Waals surface area contributed by atoms with Gasteiger partial charge >= 0.3 is 0 Å². The van der Waals surface area contributed by atoms with E-state index < -0.39 is 0 Å². The number of methoxy groups -OCH3 is 1. The molecule has 0 saturated heterocycles. The van der Waals surface area contributed by atoms with Crippen molar-refractivity contribution in [3.05, 3.63) is 71.8 Å². The first kappa shape index (κ1) is 17.2. The van der Waals surface area contributed by atoms with Crippen molar-refractivity contribution < 1.29 is 9.84 Å². The molecule has 1 N–H and O–H groups in total. The molecule has 1 heterocycles. The van der Waals surface area contributed by atoms with Gasteiger partial charge in [0.25, 0.3) is 0 Å². The fourth-order valence-corrected chi connectivity index (χ4v) is 3.87. The van der Waals surface area contributed by atoms with Gasteiger partial charge in [0.15, 0.2) is 11.5 Å². The first-order chi connectivity index (χ1) is 13.1. The van der Waals surface area contributed by atoms with Crippen LogP contribution in [-0.4, -0.2) is 23.4 Å². The highest BCUT2D eigenvalue weighted by molar-refractivity contribution is 7.21. The van der Waals surface area contributed by atoms with E-state index in [1.165, 1.54) is 17.4 Å². The molecule has 134 valence electrons. The maximum Gasteiger partial charge on any atom is 0.166 e. The number of aromatic nitrogens is 1. The molecule has 4 rings (SSSR count). The van der Waals surface area contributed by atoms with Gasteiger partial charge in [-0.1, -0.05) is 12.1 Å². The number of ether oxygens (including phenoxy) is 1. The first-order valence-electron chi connectivity index (χ1n) is 8.52. The molecule has 0 unspecified atom stereocenters. The predicted octanol–water partition coefficient (Wildman–Crippen LogP) is 5.74. The smallest absolute Gasteiger partial charge is 0.166 e. The van der Waals surface area contributed by atoms with Crippen LogP contribution in [0.5, 0.6) is 11.5 Å². The Kier molecular flexibility index (Phi) is 4.60. The van der Waals surface area contributed by atoms with E-state index in [1.54, 1.807) is 29.7 Å². The Labute approximate surface area is 161 Å². The Hall–Kier alpha value is -3.18. The van der Waals surface area contributed by atoms with Crippen LogP contribution in [0, 0.1) is 6.92 Å². The standard InChI is InChI=1S/C22H18N2O2S/c1-14-6-11-18-20(12-14)27-22(24-18)15-7-9-17(10-8-15)23-13-16-4-3-5-19(26-2)21(16)25/h3-13,25H,1-2H3. The zero-order valence-electron chi connectivity index (χ0n) is 15.0. The van der Waals surface area contributed by atoms with Crippen molar-refractivity contribution in [3.63, 3.8) is 0 Å². The van der Waals surface area contributed by atoms with Crippen LogP contribution < -0.4 is 4.74 Å². The fourth-order valence-electron chi connectivity index (χ4n) is 2.80. The average Bonchev–Trinajstić information content (AvgIpc) is 3.11. The number of fused-ring (bicyclic) bond motifs is 1. The highest BCUT2D eigenvalue weighted by Gasteiger charge is 2.07. The third-order valence-electron chi connectivity index (χ3n) is 4.26. The van der Waals surface area contributed by atoms with E-state index in [1.807, 2.05) is 30.3 Å². The third kappa shape index (κ3) is 3.55. The summed E-state index contributed by atoms with van der Waals surface area (Å²) in [4.78, 5) is 9.16. The molecule has 0 amide bonds. The summed E-state index contributed by atoms with van der Waals surface area (Å²) in [7, 11) is 1.53. The molecule has 1 aromatic heterocycles. The zero-order chi connectivity index (χ0) is 18.8. The molecule has 0 radical (unpaired) electrons. The number of para-hydroxylation sites is 1. The maximum absolute atomic E-state index is 10.1. The predicted molar refractivity (Wildman–Crippen MR) is 112 cm³/mol. The van der Waals surface area contributed by atoms with E-state index in [4.69, 9.17) is 9.72 Å². The van der Waals surface area contributed by atoms with E-state index in [0.29, 0.717) is 11.3 Å². The van der Waals surface area contributed by atoms with Gasteiger partial charge in [-0.25, -0.2) is 4.98 Å². The van der Waals surface area contributed by atoms with E-state index in [9.17, 15) is 5.11 Å². The lowest BCUT2D eigenvalue weighted by molar-refractivity contribution is 0.373. The summed E-state index contributed by atoms with van der Waals surface area (Å²) >= 11 is 1.69. The largest absolute Gasteiger partial charge is 0.504 e. The zero-order valence-corrected chi connectivity index (χ0v) is 15.8. The monoisotopic (exact) mass is 374 g/mol. The summed E-state index contributed by atoms with van der Waals surface area (Å²) in [5.41, 5.74) is 4.74. The number of benzene rings is 3. The summed E-state index contributed by atoms with van der Waals surface area (Å²) in [6, 6.07) is 19.5. The number of nitrogens with zero attached hydrogens (tertiary/aromatic N) is 2. The van der Waals surface area contributed by atoms with E-state index >= 15 is 0 Å². The van der Waals surface area contributed by atoms with Crippen LogP contribution in [0.4, 0.5) is 5.69 Å². The van der Waals surface area contributed by atoms with Crippen LogP contribution in [-0.2, 0) is 0 Å². The van der Waals surface area contributed by atoms with Crippen LogP contribution in [0.15, 0.2) is 65.7 Å². The minimum atomic E-state index is 0.0881. The summed E-state index contributed by atoms with van der Waals surface area (Å²) in [6.45, 7) is 2.09. The molecule has 0 aliphatic rings. The number of hydrogen-bond donors (Lipinski definition) is 1. The van der Waals surface area contributed by atoms with Crippen molar-refractivity contribution in [3.8, 4) is 22.1 Å². The van der Waals surface area contributed by atoms with Crippen LogP contribution in [0.3, 0.4) is 0 Å². The SMILES string of the molecule is COc1cccc(C=Nc2ccc(-c3nc4ccc(C)cc4s3)cc2)c1O. The van der Waals surface area contributed by atoms with Crippen molar-refractivity contribution in [2.45, 2.75) is 6.92 Å². The summed E-state index contributed by atoms with van der Waals surface area (Å²) in [5.74, 6) is 0.519. The molecular formula is C22H18N2O2S. The molecule has 5 heteroatoms. The highest BCUT2D eigenvalue weighted by Crippen LogP contribution is 2.32. The van der Waals surface area contributed by atoms with E-state index in [-0.39, 0.29) is 5.75 Å². The number of aryl methyl sites for hydroxylation is 1. The third-order valence-corrected chi connectivity index (χ3v) is 5.33. The molecule has 27 heavy (non-hydrogen) atoms. The lowest BCUT2D eigenvalue weighted by atomic mass is 10.2. The van der Waals surface area contributed by atoms with Gasteiger partial charge in [0.1, 0.15) is 5.01 Å². The highest BCUT2D eigenvalue weighted by atomic mass is 32.1. The minimum Gasteiger partial charge on any atom is -0.504 e. The average molecular weight is 374 g/mol. The fraction of sp³-hybridized carbons (Fsp3) is 0.0909. The second-order valence-electron chi connectivity index (χ2n) is 6.19. The number of thiazole rings is 1. The van der Waals surface area contributed by atoms with Gasteiger partial charge in [0.2, 0.25) is 0 Å². The maximum atomic E-state index is 10.1. The second kappa shape index (κ2) is 7.21. The topological polar surface area (TPSA) is 54.7 Å². The molecule has 0 bridgehead atoms. The van der Waals surface area contributed by atoms with Crippen molar-refractivity contribution in [1.29, 1.82) is 0 Å². The summed E-state index contributed by atoms with van der Waals surface area (Å²) < 4.78 is 6.31. The molecule has 4 nitrogen and oxygen atoms in total. The molecular weight excluding hydrogens is 356 g/mol. The second-order valence-corrected chi connectivity index (χ2v) is 7.22. The number of aromatic hydroxyl groups is 1. The van der Waals surface area contributed by atoms with Crippen molar-refractivity contribution in [2.24, 2.45) is 4.99 Å². The Morgan fingerprint density at radius 3 is 2.67 bits per heavy atom. The normalized spacial score (nSPS) is 11.3. The Bertz CT molecular complexity index is 1130. The molecule has 0 fully saturated rings. The minimum absolute atomic E-state index is 0.0881. The van der Waals surface area contributed by atoms with Gasteiger partial charge in [0, 0.05) is 17.3 Å². The van der Waals surface area contributed by atoms with Gasteiger partial charge < -0.3 is 9.84 Å². The molecule has 0 saturated carbocycles. The lowest BCUT2D eigenvalue weighted by Crippen LogP contribution is -1.88. The number of rotatable bonds is 4. The van der Waals surface area contributed by atoms with Crippen molar-refractivity contribution in [1.82, 2.24) is 4.98 Å². The number of phenolic OH excluding ortho intramolecular Hbond substituents is 1. The molecule has 0 aliphatic carbocycles. The van der Waals surface area contributed by atoms with Crippen LogP contribution in [0.25, 0.3) is 20.8 Å². The Morgan fingerprint density at radius 1 is 1.07 bits per heavy atom. The van der Waals surface area contributed by atoms with Crippen LogP contribution in [0.1, 0.15) is 11.1 Å². The lowest BCUT2D eigenvalue weighted by Gasteiger charge is -2.04. The van der Waals surface area contributed by atoms with Gasteiger partial charge in [-0.05, 0) is 61.0 Å². The number of hydrogen-bond acceptors (Lipinski definition) is 5. The Morgan fingerprint density at radius 2 is 1.89 bits per heavy atom. The number of aliphatic imine (C=N–C) groups is 1. The molecule has 0 atom stereocenters. The number of phenols is 1. The molecule has 0 spiro atoms. The van der Waals surface area contributed by atoms with E-state index in [2.05, 4.69) is 30.1 Å².